The van der Waals surface area contributed by atoms with E-state index in [-0.39, 0.29) is 5.91 Å². The van der Waals surface area contributed by atoms with E-state index in [4.69, 9.17) is 5.26 Å². The van der Waals surface area contributed by atoms with E-state index in [1.165, 1.54) is 11.3 Å². The second-order valence-electron chi connectivity index (χ2n) is 5.08. The van der Waals surface area contributed by atoms with E-state index < -0.39 is 0 Å². The fourth-order valence-electron chi connectivity index (χ4n) is 1.77. The monoisotopic (exact) mass is 300 g/mol. The molecule has 0 aliphatic carbocycles. The fourth-order valence-corrected chi connectivity index (χ4v) is 2.72. The summed E-state index contributed by atoms with van der Waals surface area (Å²) < 4.78 is 0. The molecule has 1 aromatic carbocycles. The van der Waals surface area contributed by atoms with Crippen molar-refractivity contribution in [2.45, 2.75) is 26.7 Å². The first-order chi connectivity index (χ1) is 10.1. The lowest BCUT2D eigenvalue weighted by atomic mass is 10.1. The number of aromatic nitrogens is 2. The number of carbonyl (C=O) groups excluding carboxylic acids is 1. The maximum atomic E-state index is 12.1. The predicted molar refractivity (Wildman–Crippen MR) is 82.2 cm³/mol. The molecule has 1 heterocycles. The van der Waals surface area contributed by atoms with E-state index in [1.54, 1.807) is 24.3 Å². The van der Waals surface area contributed by atoms with Gasteiger partial charge < -0.3 is 0 Å². The summed E-state index contributed by atoms with van der Waals surface area (Å²) in [5, 5.41) is 20.8. The number of hydrogen-bond acceptors (Lipinski definition) is 5. The van der Waals surface area contributed by atoms with E-state index in [9.17, 15) is 4.79 Å². The number of nitrogens with zero attached hydrogens (tertiary/aromatic N) is 3. The maximum Gasteiger partial charge on any atom is 0.257 e. The fraction of sp³-hybridized carbons (Fsp3) is 0.333. The van der Waals surface area contributed by atoms with Crippen LogP contribution in [0.15, 0.2) is 24.3 Å². The molecule has 1 N–H and O–H groups in total. The molecule has 2 rings (SSSR count). The highest BCUT2D eigenvalue weighted by Crippen LogP contribution is 2.19. The van der Waals surface area contributed by atoms with Crippen LogP contribution in [0.3, 0.4) is 0 Å². The third-order valence-corrected chi connectivity index (χ3v) is 3.63. The van der Waals surface area contributed by atoms with Gasteiger partial charge in [-0.1, -0.05) is 37.3 Å². The van der Waals surface area contributed by atoms with Crippen LogP contribution in [-0.2, 0) is 12.8 Å². The molecule has 1 amide bonds. The van der Waals surface area contributed by atoms with Gasteiger partial charge in [-0.25, -0.2) is 0 Å². The molecule has 0 aliphatic heterocycles. The van der Waals surface area contributed by atoms with Crippen LogP contribution in [0.2, 0.25) is 0 Å². The number of benzene rings is 1. The molecule has 6 heteroatoms. The molecule has 0 radical (unpaired) electrons. The molecule has 5 nitrogen and oxygen atoms in total. The summed E-state index contributed by atoms with van der Waals surface area (Å²) in [5.41, 5.74) is 1.43. The predicted octanol–water partition coefficient (Wildman–Crippen LogP) is 3.05. The molecular formula is C15H16N4OS. The summed E-state index contributed by atoms with van der Waals surface area (Å²) in [6, 6.07) is 9.05. The summed E-state index contributed by atoms with van der Waals surface area (Å²) in [7, 11) is 0. The minimum atomic E-state index is -0.217. The van der Waals surface area contributed by atoms with Crippen molar-refractivity contribution in [3.8, 4) is 6.07 Å². The van der Waals surface area contributed by atoms with Crippen molar-refractivity contribution in [2.24, 2.45) is 5.92 Å². The normalized spacial score (nSPS) is 10.4. The highest BCUT2D eigenvalue weighted by molar-refractivity contribution is 7.15. The third-order valence-electron chi connectivity index (χ3n) is 2.77. The van der Waals surface area contributed by atoms with Crippen molar-refractivity contribution < 1.29 is 4.79 Å². The Morgan fingerprint density at radius 2 is 2.05 bits per heavy atom. The second kappa shape index (κ2) is 6.95. The zero-order valence-electron chi connectivity index (χ0n) is 12.0. The van der Waals surface area contributed by atoms with Crippen molar-refractivity contribution in [3.63, 3.8) is 0 Å². The molecule has 0 aliphatic rings. The van der Waals surface area contributed by atoms with Crippen LogP contribution < -0.4 is 5.32 Å². The molecule has 0 unspecified atom stereocenters. The molecule has 108 valence electrons. The minimum absolute atomic E-state index is 0.217. The van der Waals surface area contributed by atoms with Crippen molar-refractivity contribution in [3.05, 3.63) is 40.4 Å². The van der Waals surface area contributed by atoms with E-state index >= 15 is 0 Å². The number of nitriles is 1. The average molecular weight is 300 g/mol. The van der Waals surface area contributed by atoms with Crippen molar-refractivity contribution >= 4 is 22.4 Å². The quantitative estimate of drug-likeness (QED) is 0.920. The van der Waals surface area contributed by atoms with Gasteiger partial charge in [0.25, 0.3) is 5.91 Å². The smallest absolute Gasteiger partial charge is 0.257 e. The van der Waals surface area contributed by atoms with Crippen LogP contribution in [0.4, 0.5) is 5.13 Å². The Morgan fingerprint density at radius 1 is 1.33 bits per heavy atom. The Labute approximate surface area is 127 Å². The van der Waals surface area contributed by atoms with Crippen LogP contribution in [0.25, 0.3) is 0 Å². The number of nitrogens with one attached hydrogen (secondary N) is 1. The lowest BCUT2D eigenvalue weighted by molar-refractivity contribution is 0.102. The number of rotatable bonds is 5. The van der Waals surface area contributed by atoms with Crippen LogP contribution in [0, 0.1) is 17.2 Å². The van der Waals surface area contributed by atoms with Gasteiger partial charge in [0.1, 0.15) is 5.01 Å². The summed E-state index contributed by atoms with van der Waals surface area (Å²) in [5.74, 6) is 0.292. The Bertz CT molecular complexity index is 655. The average Bonchev–Trinajstić information content (AvgIpc) is 2.86. The van der Waals surface area contributed by atoms with E-state index in [2.05, 4.69) is 35.4 Å². The lowest BCUT2D eigenvalue weighted by Gasteiger charge is -2.02. The Morgan fingerprint density at radius 3 is 2.67 bits per heavy atom. The number of anilines is 1. The first-order valence-corrected chi connectivity index (χ1v) is 7.49. The Balaban J connectivity index is 2.00. The standard InChI is InChI=1S/C15H16N4OS/c1-10(2)9-13-18-19-15(21-13)17-14(20)12-5-3-11(4-6-12)7-8-16/h3-6,10H,7,9H2,1-2H3,(H,17,19,20). The highest BCUT2D eigenvalue weighted by atomic mass is 32.1. The van der Waals surface area contributed by atoms with Gasteiger partial charge in [0.05, 0.1) is 12.5 Å². The van der Waals surface area contributed by atoms with Crippen molar-refractivity contribution in [1.82, 2.24) is 10.2 Å². The highest BCUT2D eigenvalue weighted by Gasteiger charge is 2.11. The first-order valence-electron chi connectivity index (χ1n) is 6.68. The van der Waals surface area contributed by atoms with Gasteiger partial charge in [-0.15, -0.1) is 10.2 Å². The molecule has 0 bridgehead atoms. The Kier molecular flexibility index (Phi) is 5.01. The molecule has 0 saturated carbocycles. The van der Waals surface area contributed by atoms with Gasteiger partial charge in [-0.3, -0.25) is 10.1 Å². The van der Waals surface area contributed by atoms with Gasteiger partial charge in [0, 0.05) is 12.0 Å². The first kappa shape index (κ1) is 15.1. The van der Waals surface area contributed by atoms with Crippen LogP contribution in [-0.4, -0.2) is 16.1 Å². The molecule has 1 aromatic heterocycles. The third kappa shape index (κ3) is 4.36. The largest absolute Gasteiger partial charge is 0.296 e. The van der Waals surface area contributed by atoms with Crippen LogP contribution in [0.1, 0.15) is 34.8 Å². The van der Waals surface area contributed by atoms with E-state index in [1.807, 2.05) is 0 Å². The van der Waals surface area contributed by atoms with Gasteiger partial charge in [-0.05, 0) is 23.6 Å². The molecule has 0 fully saturated rings. The molecule has 2 aromatic rings. The van der Waals surface area contributed by atoms with Gasteiger partial charge in [0.15, 0.2) is 0 Å². The molecule has 0 saturated heterocycles. The number of amides is 1. The van der Waals surface area contributed by atoms with Crippen LogP contribution >= 0.6 is 11.3 Å². The molecule has 0 spiro atoms. The molecular weight excluding hydrogens is 284 g/mol. The van der Waals surface area contributed by atoms with Crippen molar-refractivity contribution in [1.29, 1.82) is 5.26 Å². The SMILES string of the molecule is CC(C)Cc1nnc(NC(=O)c2ccc(CC#N)cc2)s1. The topological polar surface area (TPSA) is 78.7 Å². The van der Waals surface area contributed by atoms with Gasteiger partial charge >= 0.3 is 0 Å². The number of carbonyl (C=O) groups is 1. The summed E-state index contributed by atoms with van der Waals surface area (Å²) in [4.78, 5) is 12.1. The van der Waals surface area contributed by atoms with E-state index in [0.29, 0.717) is 23.0 Å². The second-order valence-corrected chi connectivity index (χ2v) is 6.15. The van der Waals surface area contributed by atoms with Crippen LogP contribution in [0.5, 0.6) is 0 Å². The summed E-state index contributed by atoms with van der Waals surface area (Å²) in [6.45, 7) is 4.23. The van der Waals surface area contributed by atoms with E-state index in [0.717, 1.165) is 17.0 Å². The lowest BCUT2D eigenvalue weighted by Crippen LogP contribution is -2.11. The molecule has 21 heavy (non-hydrogen) atoms. The van der Waals surface area contributed by atoms with Crippen molar-refractivity contribution in [2.75, 3.05) is 5.32 Å². The summed E-state index contributed by atoms with van der Waals surface area (Å²) >= 11 is 1.40. The summed E-state index contributed by atoms with van der Waals surface area (Å²) in [6.07, 6.45) is 1.20. The maximum absolute atomic E-state index is 12.1. The number of hydrogen-bond donors (Lipinski definition) is 1. The Hall–Kier alpha value is -2.26. The molecule has 0 atom stereocenters. The zero-order chi connectivity index (χ0) is 15.2. The minimum Gasteiger partial charge on any atom is -0.296 e. The zero-order valence-corrected chi connectivity index (χ0v) is 12.8. The van der Waals surface area contributed by atoms with Gasteiger partial charge in [-0.2, -0.15) is 5.26 Å². The van der Waals surface area contributed by atoms with Gasteiger partial charge in [0.2, 0.25) is 5.13 Å².